The first-order chi connectivity index (χ1) is 6.22. The molecule has 4 nitrogen and oxygen atoms in total. The van der Waals surface area contributed by atoms with Gasteiger partial charge in [-0.2, -0.15) is 0 Å². The Morgan fingerprint density at radius 3 is 2.77 bits per heavy atom. The molecule has 0 bridgehead atoms. The second kappa shape index (κ2) is 3.12. The van der Waals surface area contributed by atoms with E-state index in [9.17, 15) is 5.11 Å². The lowest BCUT2D eigenvalue weighted by atomic mass is 9.91. The molecule has 1 N–H and O–H groups in total. The van der Waals surface area contributed by atoms with Crippen molar-refractivity contribution in [1.29, 1.82) is 0 Å². The molecule has 0 amide bonds. The minimum absolute atomic E-state index is 0.627. The first-order valence-corrected chi connectivity index (χ1v) is 4.49. The molecule has 1 aliphatic heterocycles. The average molecular weight is 182 g/mol. The van der Waals surface area contributed by atoms with Gasteiger partial charge in [0.15, 0.2) is 0 Å². The molecule has 1 fully saturated rings. The van der Waals surface area contributed by atoms with Crippen molar-refractivity contribution in [3.8, 4) is 0 Å². The summed E-state index contributed by atoms with van der Waals surface area (Å²) in [4.78, 5) is 4.00. The topological polar surface area (TPSA) is 47.3 Å². The lowest BCUT2D eigenvalue weighted by molar-refractivity contribution is -0.0720. The van der Waals surface area contributed by atoms with E-state index in [1.807, 2.05) is 11.6 Å². The Morgan fingerprint density at radius 1 is 1.54 bits per heavy atom. The highest BCUT2D eigenvalue weighted by Gasteiger charge is 2.33. The van der Waals surface area contributed by atoms with E-state index in [0.29, 0.717) is 26.1 Å². The van der Waals surface area contributed by atoms with E-state index in [1.165, 1.54) is 0 Å². The van der Waals surface area contributed by atoms with Gasteiger partial charge in [-0.1, -0.05) is 0 Å². The van der Waals surface area contributed by atoms with Gasteiger partial charge in [0.1, 0.15) is 5.60 Å². The van der Waals surface area contributed by atoms with Crippen molar-refractivity contribution in [2.45, 2.75) is 18.4 Å². The summed E-state index contributed by atoms with van der Waals surface area (Å²) < 4.78 is 7.08. The molecule has 0 aromatic carbocycles. The fourth-order valence-electron chi connectivity index (χ4n) is 1.77. The number of aliphatic hydroxyl groups is 1. The third-order valence-electron chi connectivity index (χ3n) is 2.61. The van der Waals surface area contributed by atoms with E-state index in [2.05, 4.69) is 4.98 Å². The molecule has 0 saturated carbocycles. The van der Waals surface area contributed by atoms with Crippen LogP contribution in [0.3, 0.4) is 0 Å². The van der Waals surface area contributed by atoms with E-state index in [-0.39, 0.29) is 0 Å². The Hall–Kier alpha value is -0.870. The summed E-state index contributed by atoms with van der Waals surface area (Å²) in [6, 6.07) is 0. The molecule has 0 spiro atoms. The fraction of sp³-hybridized carbons (Fsp3) is 0.667. The zero-order chi connectivity index (χ0) is 9.31. The molecule has 1 aromatic heterocycles. The number of imidazole rings is 1. The Kier molecular flexibility index (Phi) is 2.09. The predicted molar refractivity (Wildman–Crippen MR) is 47.2 cm³/mol. The van der Waals surface area contributed by atoms with Crippen LogP contribution in [0.2, 0.25) is 0 Å². The molecule has 0 radical (unpaired) electrons. The monoisotopic (exact) mass is 182 g/mol. The average Bonchev–Trinajstić information content (AvgIpc) is 2.53. The predicted octanol–water partition coefficient (Wildman–Crippen LogP) is 0.418. The standard InChI is InChI=1S/C9H14N2O2/c1-11-7-10-6-8(11)9(12)2-4-13-5-3-9/h6-7,12H,2-5H2,1H3. The molecule has 0 aliphatic carbocycles. The summed E-state index contributed by atoms with van der Waals surface area (Å²) in [5, 5.41) is 10.3. The highest BCUT2D eigenvalue weighted by Crippen LogP contribution is 2.30. The summed E-state index contributed by atoms with van der Waals surface area (Å²) in [6.07, 6.45) is 4.76. The van der Waals surface area contributed by atoms with Crippen LogP contribution in [-0.2, 0) is 17.4 Å². The van der Waals surface area contributed by atoms with Crippen molar-refractivity contribution in [3.63, 3.8) is 0 Å². The maximum atomic E-state index is 10.3. The van der Waals surface area contributed by atoms with Gasteiger partial charge in [0.05, 0.1) is 18.2 Å². The van der Waals surface area contributed by atoms with E-state index in [4.69, 9.17) is 4.74 Å². The minimum Gasteiger partial charge on any atom is -0.383 e. The van der Waals surface area contributed by atoms with E-state index in [0.717, 1.165) is 5.69 Å². The molecule has 0 unspecified atom stereocenters. The summed E-state index contributed by atoms with van der Waals surface area (Å²) in [6.45, 7) is 1.25. The molecular weight excluding hydrogens is 168 g/mol. The van der Waals surface area contributed by atoms with Crippen LogP contribution in [0.15, 0.2) is 12.5 Å². The molecule has 4 heteroatoms. The smallest absolute Gasteiger partial charge is 0.110 e. The van der Waals surface area contributed by atoms with E-state index >= 15 is 0 Å². The first-order valence-electron chi connectivity index (χ1n) is 4.49. The van der Waals surface area contributed by atoms with E-state index in [1.54, 1.807) is 12.5 Å². The van der Waals surface area contributed by atoms with Crippen molar-refractivity contribution in [1.82, 2.24) is 9.55 Å². The lowest BCUT2D eigenvalue weighted by Gasteiger charge is -2.31. The molecule has 2 rings (SSSR count). The van der Waals surface area contributed by atoms with Crippen LogP contribution in [0, 0.1) is 0 Å². The van der Waals surface area contributed by atoms with Crippen LogP contribution >= 0.6 is 0 Å². The zero-order valence-electron chi connectivity index (χ0n) is 7.73. The second-order valence-electron chi connectivity index (χ2n) is 3.53. The maximum absolute atomic E-state index is 10.3. The number of nitrogens with zero attached hydrogens (tertiary/aromatic N) is 2. The van der Waals surface area contributed by atoms with Crippen LogP contribution in [0.25, 0.3) is 0 Å². The molecule has 2 heterocycles. The van der Waals surface area contributed by atoms with Gasteiger partial charge in [0.25, 0.3) is 0 Å². The van der Waals surface area contributed by atoms with Gasteiger partial charge in [0, 0.05) is 33.1 Å². The number of aromatic nitrogens is 2. The summed E-state index contributed by atoms with van der Waals surface area (Å²) >= 11 is 0. The van der Waals surface area contributed by atoms with Crippen molar-refractivity contribution < 1.29 is 9.84 Å². The zero-order valence-corrected chi connectivity index (χ0v) is 7.73. The first kappa shape index (κ1) is 8.72. The van der Waals surface area contributed by atoms with Gasteiger partial charge in [-0.25, -0.2) is 4.98 Å². The van der Waals surface area contributed by atoms with Gasteiger partial charge >= 0.3 is 0 Å². The second-order valence-corrected chi connectivity index (χ2v) is 3.53. The molecular formula is C9H14N2O2. The highest BCUT2D eigenvalue weighted by atomic mass is 16.5. The van der Waals surface area contributed by atoms with Gasteiger partial charge in [-0.3, -0.25) is 0 Å². The van der Waals surface area contributed by atoms with Crippen molar-refractivity contribution in [3.05, 3.63) is 18.2 Å². The third-order valence-corrected chi connectivity index (χ3v) is 2.61. The van der Waals surface area contributed by atoms with Crippen LogP contribution in [0.5, 0.6) is 0 Å². The fourth-order valence-corrected chi connectivity index (χ4v) is 1.77. The molecule has 1 saturated heterocycles. The number of aryl methyl sites for hydroxylation is 1. The summed E-state index contributed by atoms with van der Waals surface area (Å²) in [5.41, 5.74) is 0.152. The van der Waals surface area contributed by atoms with E-state index < -0.39 is 5.60 Å². The molecule has 13 heavy (non-hydrogen) atoms. The summed E-state index contributed by atoms with van der Waals surface area (Å²) in [7, 11) is 1.90. The maximum Gasteiger partial charge on any atom is 0.110 e. The van der Waals surface area contributed by atoms with Gasteiger partial charge < -0.3 is 14.4 Å². The Balaban J connectivity index is 2.27. The molecule has 1 aromatic rings. The number of hydrogen-bond donors (Lipinski definition) is 1. The van der Waals surface area contributed by atoms with Crippen LogP contribution in [0.4, 0.5) is 0 Å². The highest BCUT2D eigenvalue weighted by molar-refractivity contribution is 5.10. The minimum atomic E-state index is -0.733. The third kappa shape index (κ3) is 1.47. The van der Waals surface area contributed by atoms with Crippen molar-refractivity contribution in [2.24, 2.45) is 7.05 Å². The lowest BCUT2D eigenvalue weighted by Crippen LogP contribution is -2.35. The number of hydrogen-bond acceptors (Lipinski definition) is 3. The molecule has 0 atom stereocenters. The van der Waals surface area contributed by atoms with Crippen molar-refractivity contribution >= 4 is 0 Å². The largest absolute Gasteiger partial charge is 0.383 e. The Morgan fingerprint density at radius 2 is 2.23 bits per heavy atom. The molecule has 1 aliphatic rings. The molecule has 72 valence electrons. The van der Waals surface area contributed by atoms with Gasteiger partial charge in [-0.15, -0.1) is 0 Å². The number of ether oxygens (including phenoxy) is 1. The quantitative estimate of drug-likeness (QED) is 0.684. The Bertz CT molecular complexity index is 290. The van der Waals surface area contributed by atoms with Gasteiger partial charge in [-0.05, 0) is 0 Å². The van der Waals surface area contributed by atoms with Crippen LogP contribution in [-0.4, -0.2) is 27.9 Å². The summed E-state index contributed by atoms with van der Waals surface area (Å²) in [5.74, 6) is 0. The number of rotatable bonds is 1. The van der Waals surface area contributed by atoms with Crippen LogP contribution in [0.1, 0.15) is 18.5 Å². The normalized spacial score (nSPS) is 21.7. The van der Waals surface area contributed by atoms with Crippen molar-refractivity contribution in [2.75, 3.05) is 13.2 Å². The van der Waals surface area contributed by atoms with Crippen LogP contribution < -0.4 is 0 Å². The van der Waals surface area contributed by atoms with Gasteiger partial charge in [0.2, 0.25) is 0 Å². The Labute approximate surface area is 77.2 Å². The SMILES string of the molecule is Cn1cncc1C1(O)CCOCC1.